The van der Waals surface area contributed by atoms with Crippen molar-refractivity contribution in [3.8, 4) is 0 Å². The Labute approximate surface area is 77.6 Å². The van der Waals surface area contributed by atoms with Crippen molar-refractivity contribution in [1.29, 1.82) is 0 Å². The third-order valence-corrected chi connectivity index (χ3v) is 2.56. The molecule has 0 aromatic rings. The number of hydrogen-bond acceptors (Lipinski definition) is 3. The lowest BCUT2D eigenvalue weighted by atomic mass is 9.97. The van der Waals surface area contributed by atoms with Gasteiger partial charge in [0.15, 0.2) is 10.5 Å². The predicted octanol–water partition coefficient (Wildman–Crippen LogP) is 1.52. The average Bonchev–Trinajstić information content (AvgIpc) is 1.99. The number of rotatable bonds is 5. The summed E-state index contributed by atoms with van der Waals surface area (Å²) in [5, 5.41) is 8.73. The predicted molar refractivity (Wildman–Crippen MR) is 49.6 cm³/mol. The number of thiol groups is 1. The minimum Gasteiger partial charge on any atom is -0.480 e. The fourth-order valence-electron chi connectivity index (χ4n) is 0.866. The highest BCUT2D eigenvalue weighted by Crippen LogP contribution is 2.23. The van der Waals surface area contributed by atoms with Crippen molar-refractivity contribution in [3.63, 3.8) is 0 Å². The molecule has 0 aliphatic heterocycles. The van der Waals surface area contributed by atoms with Crippen LogP contribution in [0.5, 0.6) is 0 Å². The molecule has 0 saturated carbocycles. The van der Waals surface area contributed by atoms with E-state index in [-0.39, 0.29) is 0 Å². The summed E-state index contributed by atoms with van der Waals surface area (Å²) < 4.78 is -1.48. The Kier molecular flexibility index (Phi) is 4.31. The molecule has 0 radical (unpaired) electrons. The van der Waals surface area contributed by atoms with Crippen LogP contribution in [0, 0.1) is 0 Å². The highest BCUT2D eigenvalue weighted by molar-refractivity contribution is 7.83. The zero-order valence-electron chi connectivity index (χ0n) is 7.33. The fourth-order valence-corrected chi connectivity index (χ4v) is 1.02. The van der Waals surface area contributed by atoms with E-state index in [0.29, 0.717) is 12.8 Å². The maximum Gasteiger partial charge on any atom is 0.327 e. The number of aliphatic carboxylic acids is 1. The molecule has 0 saturated heterocycles. The van der Waals surface area contributed by atoms with Gasteiger partial charge in [-0.05, 0) is 13.3 Å². The van der Waals surface area contributed by atoms with Gasteiger partial charge in [-0.25, -0.2) is 0 Å². The quantitative estimate of drug-likeness (QED) is 0.510. The Morgan fingerprint density at radius 2 is 2.00 bits per heavy atom. The van der Waals surface area contributed by atoms with Gasteiger partial charge in [0, 0.05) is 0 Å². The Bertz CT molecular complexity index is 175. The van der Waals surface area contributed by atoms with Crippen molar-refractivity contribution in [2.75, 3.05) is 0 Å². The van der Waals surface area contributed by atoms with E-state index in [1.165, 1.54) is 6.92 Å². The largest absolute Gasteiger partial charge is 0.480 e. The van der Waals surface area contributed by atoms with Crippen LogP contribution in [0.4, 0.5) is 0 Å². The molecule has 4 heteroatoms. The zero-order valence-corrected chi connectivity index (χ0v) is 8.23. The monoisotopic (exact) mass is 190 g/mol. The minimum atomic E-state index is -1.48. The van der Waals surface area contributed by atoms with Crippen molar-refractivity contribution in [1.82, 2.24) is 0 Å². The molecular weight excluding hydrogens is 176 g/mol. The van der Waals surface area contributed by atoms with Crippen molar-refractivity contribution in [2.45, 2.75) is 37.9 Å². The van der Waals surface area contributed by atoms with Crippen LogP contribution in [0.15, 0.2) is 0 Å². The highest BCUT2D eigenvalue weighted by atomic mass is 32.1. The van der Waals surface area contributed by atoms with Crippen molar-refractivity contribution in [3.05, 3.63) is 0 Å². The van der Waals surface area contributed by atoms with Gasteiger partial charge in [0.2, 0.25) is 0 Å². The molecule has 0 aliphatic rings. The normalized spacial score (nSPS) is 15.2. The maximum atomic E-state index is 11.0. The second-order valence-corrected chi connectivity index (χ2v) is 3.59. The number of ketones is 1. The van der Waals surface area contributed by atoms with Gasteiger partial charge in [0.25, 0.3) is 0 Å². The first-order valence-corrected chi connectivity index (χ1v) is 4.36. The van der Waals surface area contributed by atoms with Crippen LogP contribution >= 0.6 is 12.6 Å². The van der Waals surface area contributed by atoms with E-state index in [1.807, 2.05) is 6.92 Å². The lowest BCUT2D eigenvalue weighted by Gasteiger charge is -2.19. The summed E-state index contributed by atoms with van der Waals surface area (Å²) in [6, 6.07) is 0. The van der Waals surface area contributed by atoms with Gasteiger partial charge < -0.3 is 5.11 Å². The number of carbonyl (C=O) groups excluding carboxylic acids is 1. The second-order valence-electron chi connectivity index (χ2n) is 2.83. The molecule has 0 aromatic heterocycles. The van der Waals surface area contributed by atoms with E-state index in [4.69, 9.17) is 5.11 Å². The number of unbranched alkanes of at least 4 members (excludes halogenated alkanes) is 1. The van der Waals surface area contributed by atoms with Crippen LogP contribution < -0.4 is 0 Å². The highest BCUT2D eigenvalue weighted by Gasteiger charge is 2.38. The molecule has 1 unspecified atom stereocenters. The van der Waals surface area contributed by atoms with Gasteiger partial charge in [-0.3, -0.25) is 9.59 Å². The lowest BCUT2D eigenvalue weighted by molar-refractivity contribution is -0.143. The molecule has 1 atom stereocenters. The summed E-state index contributed by atoms with van der Waals surface area (Å²) in [4.78, 5) is 21.6. The molecule has 12 heavy (non-hydrogen) atoms. The molecule has 0 aromatic carbocycles. The van der Waals surface area contributed by atoms with E-state index < -0.39 is 16.5 Å². The summed E-state index contributed by atoms with van der Waals surface area (Å²) in [7, 11) is 0. The minimum absolute atomic E-state index is 0.303. The number of Topliss-reactive ketones (excluding diaryl/α,β-unsaturated/α-hetero) is 1. The van der Waals surface area contributed by atoms with Crippen LogP contribution in [0.3, 0.4) is 0 Å². The Morgan fingerprint density at radius 1 is 1.50 bits per heavy atom. The van der Waals surface area contributed by atoms with Crippen LogP contribution in [0.2, 0.25) is 0 Å². The summed E-state index contributed by atoms with van der Waals surface area (Å²) in [6.07, 6.45) is 1.87. The molecule has 0 aliphatic carbocycles. The van der Waals surface area contributed by atoms with E-state index in [1.54, 1.807) is 0 Å². The Hall–Kier alpha value is -0.510. The lowest BCUT2D eigenvalue weighted by Crippen LogP contribution is -2.39. The van der Waals surface area contributed by atoms with E-state index in [9.17, 15) is 9.59 Å². The van der Waals surface area contributed by atoms with Gasteiger partial charge >= 0.3 is 5.97 Å². The molecule has 0 bridgehead atoms. The van der Waals surface area contributed by atoms with Gasteiger partial charge in [0.05, 0.1) is 0 Å². The first kappa shape index (κ1) is 11.5. The van der Waals surface area contributed by atoms with E-state index >= 15 is 0 Å². The maximum absolute atomic E-state index is 11.0. The van der Waals surface area contributed by atoms with Crippen molar-refractivity contribution in [2.24, 2.45) is 0 Å². The summed E-state index contributed by atoms with van der Waals surface area (Å²) in [6.45, 7) is 3.20. The Morgan fingerprint density at radius 3 is 2.25 bits per heavy atom. The van der Waals surface area contributed by atoms with Gasteiger partial charge in [0.1, 0.15) is 0 Å². The number of hydrogen-bond donors (Lipinski definition) is 2. The van der Waals surface area contributed by atoms with Crippen LogP contribution in [-0.2, 0) is 9.59 Å². The first-order valence-electron chi connectivity index (χ1n) is 3.92. The molecule has 0 amide bonds. The van der Waals surface area contributed by atoms with Crippen molar-refractivity contribution < 1.29 is 14.7 Å². The molecule has 3 nitrogen and oxygen atoms in total. The average molecular weight is 190 g/mol. The number of carboxylic acids is 1. The van der Waals surface area contributed by atoms with Crippen LogP contribution in [-0.4, -0.2) is 21.6 Å². The second kappa shape index (κ2) is 4.50. The fraction of sp³-hybridized carbons (Fsp3) is 0.750. The molecular formula is C8H14O3S. The van der Waals surface area contributed by atoms with Gasteiger partial charge in [-0.1, -0.05) is 19.8 Å². The summed E-state index contributed by atoms with van der Waals surface area (Å²) >= 11 is 3.89. The molecule has 70 valence electrons. The topological polar surface area (TPSA) is 54.4 Å². The molecule has 0 rings (SSSR count). The smallest absolute Gasteiger partial charge is 0.327 e. The standard InChI is InChI=1S/C8H14O3S/c1-3-4-5-8(12,6(2)9)7(10)11/h12H,3-5H2,1-2H3,(H,10,11). The summed E-state index contributed by atoms with van der Waals surface area (Å²) in [5.74, 6) is -1.54. The SMILES string of the molecule is CCCCC(S)(C(C)=O)C(=O)O. The number of carbonyl (C=O) groups is 2. The molecule has 0 heterocycles. The van der Waals surface area contributed by atoms with E-state index in [2.05, 4.69) is 12.6 Å². The van der Waals surface area contributed by atoms with Crippen LogP contribution in [0.1, 0.15) is 33.1 Å². The molecule has 0 spiro atoms. The summed E-state index contributed by atoms with van der Waals surface area (Å²) in [5.41, 5.74) is 0. The molecule has 0 fully saturated rings. The molecule has 1 N–H and O–H groups in total. The van der Waals surface area contributed by atoms with Gasteiger partial charge in [-0.2, -0.15) is 12.6 Å². The van der Waals surface area contributed by atoms with E-state index in [0.717, 1.165) is 6.42 Å². The number of carboxylic acid groups (broad SMARTS) is 1. The zero-order chi connectivity index (χ0) is 9.78. The van der Waals surface area contributed by atoms with Gasteiger partial charge in [-0.15, -0.1) is 0 Å². The van der Waals surface area contributed by atoms with Crippen molar-refractivity contribution >= 4 is 24.4 Å². The first-order chi connectivity index (χ1) is 5.45. The van der Waals surface area contributed by atoms with Crippen LogP contribution in [0.25, 0.3) is 0 Å². The Balaban J connectivity index is 4.40. The third kappa shape index (κ3) is 2.52. The third-order valence-electron chi connectivity index (χ3n) is 1.83.